The Kier molecular flexibility index (Phi) is 2.28. The van der Waals surface area contributed by atoms with Crippen LogP contribution in [0.1, 0.15) is 0 Å². The maximum atomic E-state index is 9.47. The van der Waals surface area contributed by atoms with Crippen molar-refractivity contribution in [3.63, 3.8) is 0 Å². The van der Waals surface area contributed by atoms with E-state index in [0.29, 0.717) is 0 Å². The molecule has 0 aromatic heterocycles. The third-order valence-electron chi connectivity index (χ3n) is 0.361. The third-order valence-corrected chi connectivity index (χ3v) is 0.361. The monoisotopic (exact) mass is 120 g/mol. The number of carbonyl (C=O) groups is 1. The molecule has 0 spiro atoms. The van der Waals surface area contributed by atoms with Gasteiger partial charge in [-0.2, -0.15) is 5.84 Å². The van der Waals surface area contributed by atoms with Gasteiger partial charge in [0.1, 0.15) is 0 Å². The largest absolute Gasteiger partial charge is 0.277 e. The van der Waals surface area contributed by atoms with Gasteiger partial charge in [-0.15, -0.1) is 0 Å². The number of nitrogens with two attached hydrogens (primary N) is 1. The predicted molar refractivity (Wildman–Crippen MR) is 22.2 cm³/mol. The van der Waals surface area contributed by atoms with Crippen molar-refractivity contribution >= 4 is 6.41 Å². The molecule has 0 aromatic carbocycles. The average molecular weight is 120 g/mol. The van der Waals surface area contributed by atoms with E-state index in [2.05, 4.69) is 5.84 Å². The molecular weight excluding hydrogens is 116 g/mol. The van der Waals surface area contributed by atoms with E-state index in [9.17, 15) is 14.9 Å². The van der Waals surface area contributed by atoms with Crippen molar-refractivity contribution in [1.29, 1.82) is 0 Å². The normalized spacial score (nSPS) is 7.62. The fourth-order valence-electron chi connectivity index (χ4n) is 0.101. The standard InChI is InChI=1S/CH4N4O3/c2-4(3-1-6)5(7)8/h1H,2H2,(H,3,6). The van der Waals surface area contributed by atoms with Crippen LogP contribution in [0.2, 0.25) is 0 Å². The first kappa shape index (κ1) is 6.63. The molecule has 0 heterocycles. The van der Waals surface area contributed by atoms with E-state index in [1.807, 2.05) is 0 Å². The van der Waals surface area contributed by atoms with Crippen molar-refractivity contribution in [1.82, 2.24) is 10.7 Å². The maximum absolute atomic E-state index is 9.47. The molecule has 0 aliphatic carbocycles. The second-order valence-corrected chi connectivity index (χ2v) is 0.829. The number of rotatable bonds is 3. The zero-order valence-corrected chi connectivity index (χ0v) is 3.77. The summed E-state index contributed by atoms with van der Waals surface area (Å²) in [4.78, 5) is 18.9. The first-order chi connectivity index (χ1) is 3.68. The summed E-state index contributed by atoms with van der Waals surface area (Å²) in [6.45, 7) is 0. The second kappa shape index (κ2) is 2.75. The Balaban J connectivity index is 3.46. The topological polar surface area (TPSA) is 102 Å². The van der Waals surface area contributed by atoms with E-state index >= 15 is 0 Å². The van der Waals surface area contributed by atoms with Crippen LogP contribution in [-0.2, 0) is 4.79 Å². The van der Waals surface area contributed by atoms with Crippen molar-refractivity contribution in [3.05, 3.63) is 10.1 Å². The van der Waals surface area contributed by atoms with Crippen molar-refractivity contribution in [2.45, 2.75) is 0 Å². The van der Waals surface area contributed by atoms with Gasteiger partial charge in [-0.05, 0) is 0 Å². The molecule has 0 atom stereocenters. The molecule has 0 radical (unpaired) electrons. The highest BCUT2D eigenvalue weighted by Gasteiger charge is 2.02. The van der Waals surface area contributed by atoms with Gasteiger partial charge in [0.2, 0.25) is 6.41 Å². The van der Waals surface area contributed by atoms with Gasteiger partial charge in [0.25, 0.3) is 0 Å². The van der Waals surface area contributed by atoms with Gasteiger partial charge in [0, 0.05) is 5.23 Å². The zero-order chi connectivity index (χ0) is 6.57. The van der Waals surface area contributed by atoms with Crippen LogP contribution < -0.4 is 11.3 Å². The summed E-state index contributed by atoms with van der Waals surface area (Å²) in [7, 11) is 0. The smallest absolute Gasteiger partial charge is 0.231 e. The number of nitro groups is 1. The van der Waals surface area contributed by atoms with Crippen LogP contribution >= 0.6 is 0 Å². The number of hydrogen-bond acceptors (Lipinski definition) is 4. The third kappa shape index (κ3) is 1.92. The van der Waals surface area contributed by atoms with Crippen molar-refractivity contribution in [2.75, 3.05) is 0 Å². The molecule has 7 nitrogen and oxygen atoms in total. The van der Waals surface area contributed by atoms with Crippen LogP contribution in [0.15, 0.2) is 0 Å². The number of carbonyl (C=O) groups excluding carboxylic acids is 1. The fourth-order valence-corrected chi connectivity index (χ4v) is 0.101. The number of nitrogens with one attached hydrogen (secondary N) is 1. The summed E-state index contributed by atoms with van der Waals surface area (Å²) < 4.78 is 0. The summed E-state index contributed by atoms with van der Waals surface area (Å²) in [6, 6.07) is 0. The minimum Gasteiger partial charge on any atom is -0.277 e. The molecule has 0 saturated heterocycles. The Hall–Kier alpha value is -1.37. The molecular formula is CH4N4O3. The number of hydrazine groups is 3. The van der Waals surface area contributed by atoms with Gasteiger partial charge in [-0.3, -0.25) is 4.79 Å². The molecule has 0 aromatic rings. The van der Waals surface area contributed by atoms with Crippen LogP contribution in [0.4, 0.5) is 0 Å². The Morgan fingerprint density at radius 2 is 2.38 bits per heavy atom. The van der Waals surface area contributed by atoms with Gasteiger partial charge in [-0.25, -0.2) is 15.5 Å². The Morgan fingerprint density at radius 1 is 1.88 bits per heavy atom. The highest BCUT2D eigenvalue weighted by atomic mass is 16.7. The van der Waals surface area contributed by atoms with E-state index < -0.39 is 5.03 Å². The van der Waals surface area contributed by atoms with E-state index in [-0.39, 0.29) is 11.6 Å². The molecule has 46 valence electrons. The van der Waals surface area contributed by atoms with Crippen LogP contribution in [-0.4, -0.2) is 16.7 Å². The van der Waals surface area contributed by atoms with Crippen molar-refractivity contribution in [2.24, 2.45) is 5.84 Å². The van der Waals surface area contributed by atoms with Crippen molar-refractivity contribution < 1.29 is 9.83 Å². The summed E-state index contributed by atoms with van der Waals surface area (Å²) in [5.74, 6) is 4.52. The molecule has 0 aliphatic rings. The molecule has 3 N–H and O–H groups in total. The predicted octanol–water partition coefficient (Wildman–Crippen LogP) is -1.99. The highest BCUT2D eigenvalue weighted by Crippen LogP contribution is 1.63. The van der Waals surface area contributed by atoms with Crippen LogP contribution in [0.5, 0.6) is 0 Å². The Morgan fingerprint density at radius 3 is 2.50 bits per heavy atom. The Bertz CT molecular complexity index is 101. The molecule has 8 heavy (non-hydrogen) atoms. The molecule has 7 heteroatoms. The van der Waals surface area contributed by atoms with Crippen LogP contribution in [0.3, 0.4) is 0 Å². The quantitative estimate of drug-likeness (QED) is 0.194. The van der Waals surface area contributed by atoms with E-state index in [1.54, 1.807) is 5.43 Å². The SMILES string of the molecule is NN(NC=O)[N+](=O)[O-]. The van der Waals surface area contributed by atoms with E-state index in [0.717, 1.165) is 0 Å². The van der Waals surface area contributed by atoms with Gasteiger partial charge >= 0.3 is 0 Å². The van der Waals surface area contributed by atoms with Gasteiger partial charge < -0.3 is 0 Å². The lowest BCUT2D eigenvalue weighted by molar-refractivity contribution is -0.669. The summed E-state index contributed by atoms with van der Waals surface area (Å²) in [6.07, 6.45) is 0.100. The van der Waals surface area contributed by atoms with Gasteiger partial charge in [0.05, 0.1) is 0 Å². The molecule has 0 rings (SSSR count). The molecule has 0 fully saturated rings. The first-order valence-corrected chi connectivity index (χ1v) is 1.57. The van der Waals surface area contributed by atoms with Crippen LogP contribution in [0, 0.1) is 10.1 Å². The average Bonchev–Trinajstić information content (AvgIpc) is 1.67. The molecule has 1 amide bonds. The van der Waals surface area contributed by atoms with Gasteiger partial charge in [0.15, 0.2) is 5.03 Å². The summed E-state index contributed by atoms with van der Waals surface area (Å²) in [5.41, 5.74) is 1.58. The molecule has 0 unspecified atom stereocenters. The molecule has 0 saturated carbocycles. The fraction of sp³-hybridized carbons (Fsp3) is 0. The minimum absolute atomic E-state index is 0.0486. The van der Waals surface area contributed by atoms with E-state index in [4.69, 9.17) is 0 Å². The number of nitrogens with zero attached hydrogens (tertiary/aromatic N) is 2. The zero-order valence-electron chi connectivity index (χ0n) is 3.77. The van der Waals surface area contributed by atoms with Crippen LogP contribution in [0.25, 0.3) is 0 Å². The number of amides is 1. The maximum Gasteiger partial charge on any atom is 0.231 e. The lowest BCUT2D eigenvalue weighted by Gasteiger charge is -2.00. The lowest BCUT2D eigenvalue weighted by Crippen LogP contribution is -2.46. The lowest BCUT2D eigenvalue weighted by atomic mass is 11.4. The highest BCUT2D eigenvalue weighted by molar-refractivity contribution is 5.44. The first-order valence-electron chi connectivity index (χ1n) is 1.57. The summed E-state index contributed by atoms with van der Waals surface area (Å²) >= 11 is 0. The van der Waals surface area contributed by atoms with E-state index in [1.165, 1.54) is 0 Å². The van der Waals surface area contributed by atoms with Crippen molar-refractivity contribution in [3.8, 4) is 0 Å². The minimum atomic E-state index is -0.978. The Labute approximate surface area is 44.1 Å². The molecule has 0 aliphatic heterocycles. The number of hydrogen-bond donors (Lipinski definition) is 2. The second-order valence-electron chi connectivity index (χ2n) is 0.829. The summed E-state index contributed by atoms with van der Waals surface area (Å²) in [5, 5.41) is 8.45. The molecule has 0 bridgehead atoms. The van der Waals surface area contributed by atoms with Gasteiger partial charge in [-0.1, -0.05) is 0 Å².